The average Bonchev–Trinajstić information content (AvgIpc) is 2.65. The molecule has 15 heavy (non-hydrogen) atoms. The van der Waals surface area contributed by atoms with Gasteiger partial charge in [-0.05, 0) is 31.2 Å². The molecule has 1 aliphatic heterocycles. The number of rotatable bonds is 3. The van der Waals surface area contributed by atoms with Gasteiger partial charge in [0.2, 0.25) is 5.91 Å². The second kappa shape index (κ2) is 4.45. The summed E-state index contributed by atoms with van der Waals surface area (Å²) < 4.78 is 0. The summed E-state index contributed by atoms with van der Waals surface area (Å²) in [5.74, 6) is 0.247. The quantitative estimate of drug-likeness (QED) is 0.810. The molecular formula is C12H16N2O. The monoisotopic (exact) mass is 204 g/mol. The van der Waals surface area contributed by atoms with Crippen molar-refractivity contribution in [1.29, 1.82) is 0 Å². The van der Waals surface area contributed by atoms with Gasteiger partial charge in [0.05, 0.1) is 0 Å². The predicted octanol–water partition coefficient (Wildman–Crippen LogP) is 1.53. The normalized spacial score (nSPS) is 16.1. The molecule has 1 N–H and O–H groups in total. The molecule has 1 saturated heterocycles. The van der Waals surface area contributed by atoms with E-state index in [4.69, 9.17) is 0 Å². The van der Waals surface area contributed by atoms with Crippen LogP contribution in [0.25, 0.3) is 0 Å². The molecular weight excluding hydrogens is 188 g/mol. The first-order valence-corrected chi connectivity index (χ1v) is 5.35. The van der Waals surface area contributed by atoms with E-state index in [9.17, 15) is 4.79 Å². The van der Waals surface area contributed by atoms with Gasteiger partial charge in [-0.15, -0.1) is 0 Å². The first-order chi connectivity index (χ1) is 7.31. The number of nitrogens with one attached hydrogen (secondary N) is 1. The van der Waals surface area contributed by atoms with Gasteiger partial charge < -0.3 is 10.2 Å². The Kier molecular flexibility index (Phi) is 3.02. The van der Waals surface area contributed by atoms with Gasteiger partial charge in [0.25, 0.3) is 0 Å². The van der Waals surface area contributed by atoms with Crippen molar-refractivity contribution in [2.45, 2.75) is 19.4 Å². The molecule has 1 aromatic carbocycles. The zero-order valence-electron chi connectivity index (χ0n) is 8.99. The molecule has 1 heterocycles. The summed E-state index contributed by atoms with van der Waals surface area (Å²) in [6, 6.07) is 8.16. The maximum atomic E-state index is 11.6. The summed E-state index contributed by atoms with van der Waals surface area (Å²) in [6.07, 6.45) is 1.67. The van der Waals surface area contributed by atoms with E-state index in [1.54, 1.807) is 0 Å². The van der Waals surface area contributed by atoms with Crippen molar-refractivity contribution in [3.63, 3.8) is 0 Å². The SMILES string of the molecule is CNCc1cccc(N2CCCC2=O)c1. The van der Waals surface area contributed by atoms with Crippen LogP contribution in [0.1, 0.15) is 18.4 Å². The Labute approximate surface area is 90.1 Å². The lowest BCUT2D eigenvalue weighted by Crippen LogP contribution is -2.23. The van der Waals surface area contributed by atoms with Crippen LogP contribution < -0.4 is 10.2 Å². The maximum Gasteiger partial charge on any atom is 0.227 e. The van der Waals surface area contributed by atoms with E-state index in [1.165, 1.54) is 5.56 Å². The maximum absolute atomic E-state index is 11.6. The molecule has 0 atom stereocenters. The summed E-state index contributed by atoms with van der Waals surface area (Å²) in [4.78, 5) is 13.4. The number of benzene rings is 1. The Balaban J connectivity index is 2.20. The number of carbonyl (C=O) groups is 1. The smallest absolute Gasteiger partial charge is 0.227 e. The topological polar surface area (TPSA) is 32.3 Å². The highest BCUT2D eigenvalue weighted by Crippen LogP contribution is 2.22. The van der Waals surface area contributed by atoms with E-state index < -0.39 is 0 Å². The van der Waals surface area contributed by atoms with Gasteiger partial charge in [-0.1, -0.05) is 12.1 Å². The number of amides is 1. The summed E-state index contributed by atoms with van der Waals surface area (Å²) >= 11 is 0. The van der Waals surface area contributed by atoms with E-state index >= 15 is 0 Å². The second-order valence-electron chi connectivity index (χ2n) is 3.85. The van der Waals surface area contributed by atoms with Gasteiger partial charge in [-0.3, -0.25) is 4.79 Å². The number of hydrogen-bond acceptors (Lipinski definition) is 2. The van der Waals surface area contributed by atoms with Crippen molar-refractivity contribution in [3.8, 4) is 0 Å². The summed E-state index contributed by atoms with van der Waals surface area (Å²) in [7, 11) is 1.92. The standard InChI is InChI=1S/C12H16N2O/c1-13-9-10-4-2-5-11(8-10)14-7-3-6-12(14)15/h2,4-5,8,13H,3,6-7,9H2,1H3. The Morgan fingerprint density at radius 3 is 3.00 bits per heavy atom. The van der Waals surface area contributed by atoms with Crippen molar-refractivity contribution in [2.75, 3.05) is 18.5 Å². The van der Waals surface area contributed by atoms with Crippen LogP contribution in [-0.2, 0) is 11.3 Å². The van der Waals surface area contributed by atoms with Crippen molar-refractivity contribution in [1.82, 2.24) is 5.32 Å². The van der Waals surface area contributed by atoms with Gasteiger partial charge in [-0.25, -0.2) is 0 Å². The van der Waals surface area contributed by atoms with E-state index in [0.29, 0.717) is 6.42 Å². The number of anilines is 1. The van der Waals surface area contributed by atoms with E-state index in [1.807, 2.05) is 24.1 Å². The molecule has 0 spiro atoms. The van der Waals surface area contributed by atoms with Gasteiger partial charge in [0.1, 0.15) is 0 Å². The van der Waals surface area contributed by atoms with E-state index in [-0.39, 0.29) is 5.91 Å². The lowest BCUT2D eigenvalue weighted by molar-refractivity contribution is -0.117. The van der Waals surface area contributed by atoms with Crippen molar-refractivity contribution >= 4 is 11.6 Å². The Bertz CT molecular complexity index is 362. The summed E-state index contributed by atoms with van der Waals surface area (Å²) in [5.41, 5.74) is 2.25. The molecule has 1 amide bonds. The third kappa shape index (κ3) is 2.18. The zero-order chi connectivity index (χ0) is 10.7. The van der Waals surface area contributed by atoms with Crippen LogP contribution in [0, 0.1) is 0 Å². The van der Waals surface area contributed by atoms with E-state index in [2.05, 4.69) is 17.4 Å². The van der Waals surface area contributed by atoms with Crippen LogP contribution in [0.15, 0.2) is 24.3 Å². The highest BCUT2D eigenvalue weighted by atomic mass is 16.2. The fourth-order valence-corrected chi connectivity index (χ4v) is 1.96. The van der Waals surface area contributed by atoms with Gasteiger partial charge >= 0.3 is 0 Å². The number of nitrogens with zero attached hydrogens (tertiary/aromatic N) is 1. The first-order valence-electron chi connectivity index (χ1n) is 5.35. The lowest BCUT2D eigenvalue weighted by atomic mass is 10.2. The molecule has 0 radical (unpaired) electrons. The first kappa shape index (κ1) is 10.2. The van der Waals surface area contributed by atoms with Crippen LogP contribution in [0.3, 0.4) is 0 Å². The van der Waals surface area contributed by atoms with Crippen LogP contribution in [0.4, 0.5) is 5.69 Å². The van der Waals surface area contributed by atoms with Gasteiger partial charge in [0.15, 0.2) is 0 Å². The summed E-state index contributed by atoms with van der Waals surface area (Å²) in [5, 5.41) is 3.11. The molecule has 0 saturated carbocycles. The molecule has 80 valence electrons. The number of carbonyl (C=O) groups excluding carboxylic acids is 1. The molecule has 3 nitrogen and oxygen atoms in total. The largest absolute Gasteiger partial charge is 0.316 e. The van der Waals surface area contributed by atoms with Crippen LogP contribution in [0.2, 0.25) is 0 Å². The van der Waals surface area contributed by atoms with Crippen molar-refractivity contribution < 1.29 is 4.79 Å². The zero-order valence-corrected chi connectivity index (χ0v) is 8.99. The Morgan fingerprint density at radius 2 is 2.33 bits per heavy atom. The van der Waals surface area contributed by atoms with Crippen molar-refractivity contribution in [3.05, 3.63) is 29.8 Å². The minimum absolute atomic E-state index is 0.247. The molecule has 3 heteroatoms. The number of hydrogen-bond donors (Lipinski definition) is 1. The minimum atomic E-state index is 0.247. The van der Waals surface area contributed by atoms with Crippen molar-refractivity contribution in [2.24, 2.45) is 0 Å². The fourth-order valence-electron chi connectivity index (χ4n) is 1.96. The highest BCUT2D eigenvalue weighted by Gasteiger charge is 2.21. The van der Waals surface area contributed by atoms with Gasteiger partial charge in [0, 0.05) is 25.2 Å². The Hall–Kier alpha value is -1.35. The molecule has 2 rings (SSSR count). The second-order valence-corrected chi connectivity index (χ2v) is 3.85. The molecule has 0 aromatic heterocycles. The highest BCUT2D eigenvalue weighted by molar-refractivity contribution is 5.95. The summed E-state index contributed by atoms with van der Waals surface area (Å²) in [6.45, 7) is 1.71. The van der Waals surface area contributed by atoms with Crippen LogP contribution in [0.5, 0.6) is 0 Å². The molecule has 0 unspecified atom stereocenters. The lowest BCUT2D eigenvalue weighted by Gasteiger charge is -2.16. The molecule has 1 aromatic rings. The third-order valence-corrected chi connectivity index (χ3v) is 2.68. The van der Waals surface area contributed by atoms with Gasteiger partial charge in [-0.2, -0.15) is 0 Å². The average molecular weight is 204 g/mol. The predicted molar refractivity (Wildman–Crippen MR) is 60.8 cm³/mol. The molecule has 1 fully saturated rings. The molecule has 1 aliphatic rings. The van der Waals surface area contributed by atoms with Crippen LogP contribution >= 0.6 is 0 Å². The molecule has 0 aliphatic carbocycles. The third-order valence-electron chi connectivity index (χ3n) is 2.68. The van der Waals surface area contributed by atoms with Crippen LogP contribution in [-0.4, -0.2) is 19.5 Å². The Morgan fingerprint density at radius 1 is 1.47 bits per heavy atom. The van der Waals surface area contributed by atoms with E-state index in [0.717, 1.165) is 25.2 Å². The fraction of sp³-hybridized carbons (Fsp3) is 0.417. The molecule has 0 bridgehead atoms. The minimum Gasteiger partial charge on any atom is -0.316 e.